The van der Waals surface area contributed by atoms with Crippen molar-refractivity contribution in [3.63, 3.8) is 0 Å². The van der Waals surface area contributed by atoms with E-state index in [4.69, 9.17) is 18.9 Å². The molecule has 0 saturated carbocycles. The van der Waals surface area contributed by atoms with Gasteiger partial charge in [-0.1, -0.05) is 139 Å². The predicted molar refractivity (Wildman–Crippen MR) is 210 cm³/mol. The number of allylic oxidation sites excluding steroid dienone is 10. The number of ether oxygens (including phenoxy) is 4. The quantitative estimate of drug-likeness (QED) is 0.0298. The first-order chi connectivity index (χ1) is 25.4. The standard InChI is InChI=1S/C43H74O9/c1-3-5-7-9-10-11-12-13-14-15-16-17-18-19-20-21-22-23-24-25-26-27-29-31-33-49-35-37(51-39(45)32-30-28-8-6-4-2)36-50-43-42(48)41(47)40(46)38(34-44)52-43/h5,7,10-11,13-14,16-17,19-20,37-38,40-44,46-48H,3-4,6,8-9,12,15,18,21-36H2,1-2H3/b7-5-,11-10-,14-13-,17-16-,20-19-. The monoisotopic (exact) mass is 735 g/mol. The van der Waals surface area contributed by atoms with E-state index in [1.807, 2.05) is 0 Å². The molecule has 9 nitrogen and oxygen atoms in total. The number of esters is 1. The van der Waals surface area contributed by atoms with Gasteiger partial charge in [0.25, 0.3) is 0 Å². The van der Waals surface area contributed by atoms with Crippen LogP contribution in [0.3, 0.4) is 0 Å². The van der Waals surface area contributed by atoms with E-state index < -0.39 is 43.4 Å². The van der Waals surface area contributed by atoms with Crippen molar-refractivity contribution in [1.29, 1.82) is 0 Å². The molecule has 1 rings (SSSR count). The van der Waals surface area contributed by atoms with Crippen molar-refractivity contribution in [2.24, 2.45) is 0 Å². The summed E-state index contributed by atoms with van der Waals surface area (Å²) in [5, 5.41) is 39.8. The summed E-state index contributed by atoms with van der Waals surface area (Å²) >= 11 is 0. The lowest BCUT2D eigenvalue weighted by atomic mass is 9.99. The van der Waals surface area contributed by atoms with E-state index in [0.29, 0.717) is 13.0 Å². The van der Waals surface area contributed by atoms with Gasteiger partial charge in [-0.15, -0.1) is 0 Å². The summed E-state index contributed by atoms with van der Waals surface area (Å²) in [4.78, 5) is 12.5. The molecule has 0 aliphatic carbocycles. The SMILES string of the molecule is CC/C=C\C/C=C\C/C=C\C/C=C\C/C=C\CCCCCCCCCCOCC(COC1OC(CO)C(O)C(O)C1O)OC(=O)CCCCCCC. The van der Waals surface area contributed by atoms with Crippen LogP contribution in [0.25, 0.3) is 0 Å². The van der Waals surface area contributed by atoms with Gasteiger partial charge in [0.1, 0.15) is 30.5 Å². The Hall–Kier alpha value is -2.11. The van der Waals surface area contributed by atoms with E-state index in [0.717, 1.165) is 89.9 Å². The maximum atomic E-state index is 12.5. The molecule has 0 aromatic carbocycles. The Balaban J connectivity index is 2.16. The molecule has 1 aliphatic heterocycles. The molecule has 6 atom stereocenters. The van der Waals surface area contributed by atoms with Crippen molar-refractivity contribution in [3.05, 3.63) is 60.8 Å². The second-order valence-electron chi connectivity index (χ2n) is 13.7. The Morgan fingerprint density at radius 2 is 1.17 bits per heavy atom. The summed E-state index contributed by atoms with van der Waals surface area (Å²) in [6.07, 6.45) is 35.8. The molecule has 0 aromatic heterocycles. The number of carbonyl (C=O) groups excluding carboxylic acids is 1. The van der Waals surface area contributed by atoms with Gasteiger partial charge in [0, 0.05) is 13.0 Å². The van der Waals surface area contributed by atoms with Gasteiger partial charge in [-0.2, -0.15) is 0 Å². The van der Waals surface area contributed by atoms with Gasteiger partial charge in [-0.3, -0.25) is 4.79 Å². The van der Waals surface area contributed by atoms with E-state index in [9.17, 15) is 25.2 Å². The van der Waals surface area contributed by atoms with Crippen LogP contribution in [0.2, 0.25) is 0 Å². The summed E-state index contributed by atoms with van der Waals surface area (Å²) in [6.45, 7) is 4.31. The van der Waals surface area contributed by atoms with Crippen LogP contribution < -0.4 is 0 Å². The third-order valence-corrected chi connectivity index (χ3v) is 8.95. The first kappa shape index (κ1) is 47.9. The van der Waals surface area contributed by atoms with Gasteiger partial charge in [-0.25, -0.2) is 0 Å². The lowest BCUT2D eigenvalue weighted by molar-refractivity contribution is -0.305. The van der Waals surface area contributed by atoms with E-state index >= 15 is 0 Å². The summed E-state index contributed by atoms with van der Waals surface area (Å²) in [5.41, 5.74) is 0. The fraction of sp³-hybridized carbons (Fsp3) is 0.744. The second kappa shape index (κ2) is 34.6. The summed E-state index contributed by atoms with van der Waals surface area (Å²) in [6, 6.07) is 0. The Bertz CT molecular complexity index is 974. The highest BCUT2D eigenvalue weighted by molar-refractivity contribution is 5.69. The van der Waals surface area contributed by atoms with Crippen LogP contribution in [0.1, 0.15) is 142 Å². The van der Waals surface area contributed by atoms with Gasteiger partial charge < -0.3 is 39.4 Å². The zero-order chi connectivity index (χ0) is 37.9. The molecule has 1 saturated heterocycles. The molecular formula is C43H74O9. The van der Waals surface area contributed by atoms with Crippen LogP contribution in [0, 0.1) is 0 Å². The largest absolute Gasteiger partial charge is 0.457 e. The Kier molecular flexibility index (Phi) is 31.9. The number of rotatable bonds is 33. The summed E-state index contributed by atoms with van der Waals surface area (Å²) < 4.78 is 22.6. The Labute approximate surface area is 315 Å². The number of hydrogen-bond donors (Lipinski definition) is 4. The summed E-state index contributed by atoms with van der Waals surface area (Å²) in [7, 11) is 0. The van der Waals surface area contributed by atoms with Crippen molar-refractivity contribution in [2.45, 2.75) is 179 Å². The molecule has 1 aliphatic rings. The predicted octanol–water partition coefficient (Wildman–Crippen LogP) is 8.35. The van der Waals surface area contributed by atoms with Crippen LogP contribution in [-0.4, -0.2) is 89.6 Å². The van der Waals surface area contributed by atoms with Gasteiger partial charge in [-0.05, 0) is 57.8 Å². The maximum Gasteiger partial charge on any atom is 0.306 e. The summed E-state index contributed by atoms with van der Waals surface area (Å²) in [5.74, 6) is -0.333. The van der Waals surface area contributed by atoms with Crippen LogP contribution in [0.15, 0.2) is 60.8 Å². The van der Waals surface area contributed by atoms with Crippen LogP contribution in [-0.2, 0) is 23.7 Å². The molecule has 0 aromatic rings. The molecule has 0 amide bonds. The molecule has 4 N–H and O–H groups in total. The molecular weight excluding hydrogens is 660 g/mol. The van der Waals surface area contributed by atoms with Crippen LogP contribution in [0.4, 0.5) is 0 Å². The highest BCUT2D eigenvalue weighted by Gasteiger charge is 2.44. The molecule has 0 radical (unpaired) electrons. The molecule has 52 heavy (non-hydrogen) atoms. The first-order valence-corrected chi connectivity index (χ1v) is 20.4. The van der Waals surface area contributed by atoms with Crippen LogP contribution in [0.5, 0.6) is 0 Å². The lowest BCUT2D eigenvalue weighted by Crippen LogP contribution is -2.59. The third kappa shape index (κ3) is 25.8. The van der Waals surface area contributed by atoms with Crippen molar-refractivity contribution in [3.8, 4) is 0 Å². The smallest absolute Gasteiger partial charge is 0.306 e. The molecule has 0 bridgehead atoms. The number of aliphatic hydroxyl groups is 4. The maximum absolute atomic E-state index is 12.5. The Morgan fingerprint density at radius 1 is 0.635 bits per heavy atom. The normalized spacial score (nSPS) is 21.8. The fourth-order valence-corrected chi connectivity index (χ4v) is 5.75. The van der Waals surface area contributed by atoms with E-state index in [1.165, 1.54) is 32.1 Å². The van der Waals surface area contributed by atoms with E-state index in [1.54, 1.807) is 0 Å². The zero-order valence-electron chi connectivity index (χ0n) is 32.5. The number of hydrogen-bond acceptors (Lipinski definition) is 9. The number of unbranched alkanes of at least 4 members (excludes halogenated alkanes) is 12. The fourth-order valence-electron chi connectivity index (χ4n) is 5.75. The highest BCUT2D eigenvalue weighted by Crippen LogP contribution is 2.22. The van der Waals surface area contributed by atoms with E-state index in [-0.39, 0.29) is 19.2 Å². The van der Waals surface area contributed by atoms with Crippen LogP contribution >= 0.6 is 0 Å². The first-order valence-electron chi connectivity index (χ1n) is 20.4. The van der Waals surface area contributed by atoms with E-state index in [2.05, 4.69) is 74.6 Å². The van der Waals surface area contributed by atoms with Gasteiger partial charge in [0.05, 0.1) is 19.8 Å². The molecule has 6 unspecified atom stereocenters. The molecule has 1 fully saturated rings. The van der Waals surface area contributed by atoms with Gasteiger partial charge in [0.15, 0.2) is 6.29 Å². The molecule has 0 spiro atoms. The minimum absolute atomic E-state index is 0.120. The topological polar surface area (TPSA) is 135 Å². The zero-order valence-corrected chi connectivity index (χ0v) is 32.5. The highest BCUT2D eigenvalue weighted by atomic mass is 16.7. The average molecular weight is 735 g/mol. The van der Waals surface area contributed by atoms with Crippen molar-refractivity contribution in [1.82, 2.24) is 0 Å². The molecule has 1 heterocycles. The minimum Gasteiger partial charge on any atom is -0.457 e. The second-order valence-corrected chi connectivity index (χ2v) is 13.7. The number of aliphatic hydroxyl groups excluding tert-OH is 4. The minimum atomic E-state index is -1.54. The van der Waals surface area contributed by atoms with Gasteiger partial charge >= 0.3 is 5.97 Å². The lowest BCUT2D eigenvalue weighted by Gasteiger charge is -2.39. The molecule has 9 heteroatoms. The third-order valence-electron chi connectivity index (χ3n) is 8.95. The average Bonchev–Trinajstić information content (AvgIpc) is 3.14. The molecule has 300 valence electrons. The Morgan fingerprint density at radius 3 is 1.77 bits per heavy atom. The number of carbonyl (C=O) groups is 1. The van der Waals surface area contributed by atoms with Crippen molar-refractivity contribution >= 4 is 5.97 Å². The van der Waals surface area contributed by atoms with Gasteiger partial charge in [0.2, 0.25) is 0 Å². The van der Waals surface area contributed by atoms with Crippen molar-refractivity contribution < 1.29 is 44.2 Å². The van der Waals surface area contributed by atoms with Crippen molar-refractivity contribution in [2.75, 3.05) is 26.4 Å².